The quantitative estimate of drug-likeness (QED) is 0.726. The van der Waals surface area contributed by atoms with E-state index in [0.717, 1.165) is 25.6 Å². The second kappa shape index (κ2) is 5.15. The highest BCUT2D eigenvalue weighted by Gasteiger charge is 2.39. The molecular weight excluding hydrogens is 230 g/mol. The molecule has 0 aromatic rings. The molecule has 5 heteroatoms. The zero-order chi connectivity index (χ0) is 12.5. The van der Waals surface area contributed by atoms with Crippen LogP contribution in [0.4, 0.5) is 0 Å². The maximum atomic E-state index is 12.1. The molecule has 3 fully saturated rings. The molecule has 1 saturated carbocycles. The molecule has 0 radical (unpaired) electrons. The van der Waals surface area contributed by atoms with Crippen LogP contribution >= 0.6 is 0 Å². The number of carbonyl (C=O) groups excluding carboxylic acids is 1. The van der Waals surface area contributed by atoms with Crippen LogP contribution in [0, 0.1) is 0 Å². The van der Waals surface area contributed by atoms with E-state index in [1.165, 1.54) is 12.8 Å². The molecule has 0 spiro atoms. The van der Waals surface area contributed by atoms with Crippen LogP contribution in [0.15, 0.2) is 0 Å². The molecule has 2 aliphatic heterocycles. The van der Waals surface area contributed by atoms with Gasteiger partial charge in [0.25, 0.3) is 0 Å². The minimum absolute atomic E-state index is 0.101. The van der Waals surface area contributed by atoms with E-state index in [-0.39, 0.29) is 11.9 Å². The largest absolute Gasteiger partial charge is 0.378 e. The second-order valence-electron chi connectivity index (χ2n) is 5.80. The lowest BCUT2D eigenvalue weighted by Gasteiger charge is -2.24. The third-order valence-electron chi connectivity index (χ3n) is 4.22. The van der Waals surface area contributed by atoms with Crippen molar-refractivity contribution in [2.45, 2.75) is 50.4 Å². The summed E-state index contributed by atoms with van der Waals surface area (Å²) in [6, 6.07) is 1.55. The Kier molecular flexibility index (Phi) is 3.54. The number of morpholine rings is 1. The summed E-state index contributed by atoms with van der Waals surface area (Å²) in [5, 5.41) is 6.37. The van der Waals surface area contributed by atoms with Crippen molar-refractivity contribution in [1.29, 1.82) is 0 Å². The Balaban J connectivity index is 1.49. The van der Waals surface area contributed by atoms with Crippen LogP contribution < -0.4 is 10.6 Å². The lowest BCUT2D eigenvalue weighted by Crippen LogP contribution is -2.53. The highest BCUT2D eigenvalue weighted by atomic mass is 16.5. The molecule has 0 aromatic carbocycles. The van der Waals surface area contributed by atoms with E-state index < -0.39 is 0 Å². The average Bonchev–Trinajstić information content (AvgIpc) is 3.15. The van der Waals surface area contributed by atoms with E-state index in [1.54, 1.807) is 0 Å². The predicted molar refractivity (Wildman–Crippen MR) is 68.3 cm³/mol. The Morgan fingerprint density at radius 2 is 2.28 bits per heavy atom. The summed E-state index contributed by atoms with van der Waals surface area (Å²) in [6.45, 7) is 5.27. The van der Waals surface area contributed by atoms with Gasteiger partial charge in [0.05, 0.1) is 13.2 Å². The Morgan fingerprint density at radius 3 is 2.94 bits per heavy atom. The van der Waals surface area contributed by atoms with Gasteiger partial charge in [-0.05, 0) is 26.2 Å². The number of rotatable bonds is 3. The number of likely N-dealkylation sites (tertiary alicyclic amines) is 1. The van der Waals surface area contributed by atoms with Crippen LogP contribution in [0.2, 0.25) is 0 Å². The molecule has 5 nitrogen and oxygen atoms in total. The molecular formula is C13H23N3O2. The maximum Gasteiger partial charge on any atom is 0.239 e. The molecule has 18 heavy (non-hydrogen) atoms. The first kappa shape index (κ1) is 12.4. The number of nitrogens with zero attached hydrogens (tertiary/aromatic N) is 1. The normalized spacial score (nSPS) is 37.7. The van der Waals surface area contributed by atoms with Gasteiger partial charge < -0.3 is 15.4 Å². The smallest absolute Gasteiger partial charge is 0.239 e. The summed E-state index contributed by atoms with van der Waals surface area (Å²) < 4.78 is 5.32. The van der Waals surface area contributed by atoms with Crippen molar-refractivity contribution in [3.8, 4) is 0 Å². The predicted octanol–water partition coefficient (Wildman–Crippen LogP) is -0.284. The first-order chi connectivity index (χ1) is 8.74. The summed E-state index contributed by atoms with van der Waals surface area (Å²) in [5.74, 6) is 0.101. The zero-order valence-corrected chi connectivity index (χ0v) is 11.0. The lowest BCUT2D eigenvalue weighted by atomic mass is 10.1. The zero-order valence-electron chi connectivity index (χ0n) is 11.0. The van der Waals surface area contributed by atoms with Gasteiger partial charge in [0.1, 0.15) is 6.04 Å². The van der Waals surface area contributed by atoms with E-state index >= 15 is 0 Å². The van der Waals surface area contributed by atoms with Gasteiger partial charge >= 0.3 is 0 Å². The van der Waals surface area contributed by atoms with Crippen molar-refractivity contribution in [1.82, 2.24) is 15.5 Å². The Hall–Kier alpha value is -0.650. The van der Waals surface area contributed by atoms with Gasteiger partial charge in [0.15, 0.2) is 0 Å². The van der Waals surface area contributed by atoms with Gasteiger partial charge in [-0.2, -0.15) is 0 Å². The number of hydrogen-bond donors (Lipinski definition) is 2. The summed E-state index contributed by atoms with van der Waals surface area (Å²) in [4.78, 5) is 14.6. The highest BCUT2D eigenvalue weighted by molar-refractivity contribution is 5.82. The van der Waals surface area contributed by atoms with Crippen LogP contribution in [-0.2, 0) is 9.53 Å². The first-order valence-corrected chi connectivity index (χ1v) is 7.11. The Labute approximate surface area is 108 Å². The molecule has 102 valence electrons. The van der Waals surface area contributed by atoms with E-state index in [9.17, 15) is 4.79 Å². The van der Waals surface area contributed by atoms with Gasteiger partial charge in [-0.15, -0.1) is 0 Å². The molecule has 1 aliphatic carbocycles. The molecule has 2 heterocycles. The Bertz CT molecular complexity index is 313. The molecule has 0 unspecified atom stereocenters. The van der Waals surface area contributed by atoms with Crippen molar-refractivity contribution in [2.24, 2.45) is 0 Å². The van der Waals surface area contributed by atoms with Crippen molar-refractivity contribution in [3.05, 3.63) is 0 Å². The number of amides is 1. The molecule has 2 N–H and O–H groups in total. The topological polar surface area (TPSA) is 53.6 Å². The molecule has 3 rings (SSSR count). The summed E-state index contributed by atoms with van der Waals surface area (Å²) in [5.41, 5.74) is 0. The van der Waals surface area contributed by atoms with Crippen LogP contribution in [0.5, 0.6) is 0 Å². The summed E-state index contributed by atoms with van der Waals surface area (Å²) in [6.07, 6.45) is 3.75. The number of carbonyl (C=O) groups is 1. The molecule has 3 aliphatic rings. The third-order valence-corrected chi connectivity index (χ3v) is 4.22. The second-order valence-corrected chi connectivity index (χ2v) is 5.80. The molecule has 0 aromatic heterocycles. The van der Waals surface area contributed by atoms with Gasteiger partial charge in [-0.3, -0.25) is 9.69 Å². The summed E-state index contributed by atoms with van der Waals surface area (Å²) in [7, 11) is 0. The minimum Gasteiger partial charge on any atom is -0.378 e. The van der Waals surface area contributed by atoms with Crippen molar-refractivity contribution in [3.63, 3.8) is 0 Å². The number of nitrogens with one attached hydrogen (secondary N) is 2. The maximum absolute atomic E-state index is 12.1. The van der Waals surface area contributed by atoms with E-state index in [1.807, 2.05) is 0 Å². The van der Waals surface area contributed by atoms with E-state index in [0.29, 0.717) is 25.3 Å². The van der Waals surface area contributed by atoms with Gasteiger partial charge in [-0.1, -0.05) is 0 Å². The van der Waals surface area contributed by atoms with Crippen LogP contribution in [0.1, 0.15) is 26.2 Å². The fourth-order valence-corrected chi connectivity index (χ4v) is 3.11. The van der Waals surface area contributed by atoms with Crippen molar-refractivity contribution >= 4 is 5.91 Å². The van der Waals surface area contributed by atoms with E-state index in [4.69, 9.17) is 4.74 Å². The van der Waals surface area contributed by atoms with Crippen molar-refractivity contribution < 1.29 is 9.53 Å². The molecule has 0 bridgehead atoms. The van der Waals surface area contributed by atoms with Gasteiger partial charge in [-0.25, -0.2) is 0 Å². The monoisotopic (exact) mass is 253 g/mol. The standard InChI is InChI=1S/C13H23N3O2/c1-9-6-10(7-16(9)11-2-3-11)15-13(17)12-8-18-5-4-14-12/h9-12,14H,2-8H2,1H3,(H,15,17)/t9-,10+,12-/m1/s1. The fraction of sp³-hybridized carbons (Fsp3) is 0.923. The molecule has 3 atom stereocenters. The third kappa shape index (κ3) is 2.68. The fourth-order valence-electron chi connectivity index (χ4n) is 3.11. The van der Waals surface area contributed by atoms with Crippen LogP contribution in [0.3, 0.4) is 0 Å². The molecule has 1 amide bonds. The number of hydrogen-bond acceptors (Lipinski definition) is 4. The first-order valence-electron chi connectivity index (χ1n) is 7.11. The van der Waals surface area contributed by atoms with Gasteiger partial charge in [0.2, 0.25) is 5.91 Å². The minimum atomic E-state index is -0.163. The van der Waals surface area contributed by atoms with Gasteiger partial charge in [0, 0.05) is 31.2 Å². The van der Waals surface area contributed by atoms with Crippen LogP contribution in [-0.4, -0.2) is 61.3 Å². The van der Waals surface area contributed by atoms with Crippen molar-refractivity contribution in [2.75, 3.05) is 26.3 Å². The molecule has 2 saturated heterocycles. The average molecular weight is 253 g/mol. The highest BCUT2D eigenvalue weighted by Crippen LogP contribution is 2.33. The van der Waals surface area contributed by atoms with E-state index in [2.05, 4.69) is 22.5 Å². The number of ether oxygens (including phenoxy) is 1. The lowest BCUT2D eigenvalue weighted by molar-refractivity contribution is -0.126. The Morgan fingerprint density at radius 1 is 1.44 bits per heavy atom. The summed E-state index contributed by atoms with van der Waals surface area (Å²) >= 11 is 0. The van der Waals surface area contributed by atoms with Crippen LogP contribution in [0.25, 0.3) is 0 Å². The SMILES string of the molecule is C[C@@H]1C[C@H](NC(=O)[C@H]2COCCN2)CN1C1CC1.